The van der Waals surface area contributed by atoms with E-state index < -0.39 is 0 Å². The Morgan fingerprint density at radius 3 is 2.88 bits per heavy atom. The number of halogens is 1. The number of carbonyl (C=O) groups is 1. The van der Waals surface area contributed by atoms with E-state index in [2.05, 4.69) is 20.9 Å². The normalized spacial score (nSPS) is 16.3. The van der Waals surface area contributed by atoms with Crippen LogP contribution in [0.25, 0.3) is 0 Å². The van der Waals surface area contributed by atoms with Gasteiger partial charge in [-0.15, -0.1) is 0 Å². The third kappa shape index (κ3) is 4.43. The molecule has 0 bridgehead atoms. The van der Waals surface area contributed by atoms with E-state index in [1.807, 2.05) is 17.8 Å². The molecule has 0 aromatic carbocycles. The first-order valence-corrected chi connectivity index (χ1v) is 7.81. The van der Waals surface area contributed by atoms with Gasteiger partial charge in [-0.1, -0.05) is 12.8 Å². The van der Waals surface area contributed by atoms with Crippen LogP contribution >= 0.6 is 27.7 Å². The highest BCUT2D eigenvalue weighted by Gasteiger charge is 2.16. The second-order valence-electron chi connectivity index (χ2n) is 4.44. The number of aromatic nitrogens is 1. The molecule has 4 heteroatoms. The van der Waals surface area contributed by atoms with Crippen molar-refractivity contribution >= 4 is 33.5 Å². The molecule has 1 aliphatic carbocycles. The van der Waals surface area contributed by atoms with Gasteiger partial charge in [0.05, 0.1) is 5.75 Å². The van der Waals surface area contributed by atoms with Gasteiger partial charge in [-0.2, -0.15) is 11.8 Å². The molecule has 0 N–H and O–H groups in total. The molecule has 17 heavy (non-hydrogen) atoms. The van der Waals surface area contributed by atoms with Gasteiger partial charge in [-0.25, -0.2) is 0 Å². The number of thioether (sulfide) groups is 1. The Labute approximate surface area is 115 Å². The summed E-state index contributed by atoms with van der Waals surface area (Å²) in [5.74, 6) is 0.957. The fraction of sp³-hybridized carbons (Fsp3) is 0.538. The number of ketones is 1. The monoisotopic (exact) mass is 313 g/mol. The minimum absolute atomic E-state index is 0.307. The molecule has 92 valence electrons. The van der Waals surface area contributed by atoms with Gasteiger partial charge in [0.15, 0.2) is 0 Å². The second kappa shape index (κ2) is 6.55. The van der Waals surface area contributed by atoms with E-state index >= 15 is 0 Å². The van der Waals surface area contributed by atoms with Crippen molar-refractivity contribution < 1.29 is 4.79 Å². The molecule has 0 spiro atoms. The standard InChI is InChI=1S/C13H16BrNOS/c14-11-5-10(7-15-8-11)6-12(16)9-17-13-3-1-2-4-13/h5,7-8,13H,1-4,6,9H2. The number of Topliss-reactive ketones (excluding diaryl/α,β-unsaturated/α-hetero) is 1. The molecule has 1 heterocycles. The van der Waals surface area contributed by atoms with Gasteiger partial charge in [0.1, 0.15) is 5.78 Å². The molecule has 0 saturated heterocycles. The maximum atomic E-state index is 11.8. The van der Waals surface area contributed by atoms with Gasteiger partial charge < -0.3 is 0 Å². The molecule has 0 amide bonds. The van der Waals surface area contributed by atoms with Crippen molar-refractivity contribution in [2.75, 3.05) is 5.75 Å². The van der Waals surface area contributed by atoms with Gasteiger partial charge in [0.25, 0.3) is 0 Å². The largest absolute Gasteiger partial charge is 0.298 e. The number of rotatable bonds is 5. The summed E-state index contributed by atoms with van der Waals surface area (Å²) in [4.78, 5) is 15.9. The predicted molar refractivity (Wildman–Crippen MR) is 75.4 cm³/mol. The number of carbonyl (C=O) groups excluding carboxylic acids is 1. The Balaban J connectivity index is 1.76. The Morgan fingerprint density at radius 1 is 1.41 bits per heavy atom. The number of pyridine rings is 1. The van der Waals surface area contributed by atoms with Crippen molar-refractivity contribution in [1.29, 1.82) is 0 Å². The van der Waals surface area contributed by atoms with Gasteiger partial charge in [0, 0.05) is 28.5 Å². The van der Waals surface area contributed by atoms with Crippen LogP contribution in [-0.4, -0.2) is 21.8 Å². The van der Waals surface area contributed by atoms with Crippen LogP contribution < -0.4 is 0 Å². The molecule has 0 radical (unpaired) electrons. The zero-order valence-corrected chi connectivity index (χ0v) is 12.1. The summed E-state index contributed by atoms with van der Waals surface area (Å²) in [5.41, 5.74) is 0.997. The Bertz CT molecular complexity index is 391. The first kappa shape index (κ1) is 13.1. The van der Waals surface area contributed by atoms with Crippen molar-refractivity contribution in [2.24, 2.45) is 0 Å². The molecular weight excluding hydrogens is 298 g/mol. The fourth-order valence-corrected chi connectivity index (χ4v) is 3.70. The number of nitrogens with zero attached hydrogens (tertiary/aromatic N) is 1. The lowest BCUT2D eigenvalue weighted by Gasteiger charge is -2.07. The molecule has 1 aromatic rings. The maximum Gasteiger partial charge on any atom is 0.147 e. The summed E-state index contributed by atoms with van der Waals surface area (Å²) in [6.45, 7) is 0. The van der Waals surface area contributed by atoms with Crippen molar-refractivity contribution in [1.82, 2.24) is 4.98 Å². The van der Waals surface area contributed by atoms with Crippen LogP contribution in [-0.2, 0) is 11.2 Å². The summed E-state index contributed by atoms with van der Waals surface area (Å²) in [6.07, 6.45) is 9.26. The molecule has 0 unspecified atom stereocenters. The lowest BCUT2D eigenvalue weighted by Crippen LogP contribution is -2.09. The summed E-state index contributed by atoms with van der Waals surface area (Å²) in [7, 11) is 0. The quantitative estimate of drug-likeness (QED) is 0.831. The van der Waals surface area contributed by atoms with Crippen molar-refractivity contribution in [3.05, 3.63) is 28.5 Å². The molecule has 1 fully saturated rings. The molecule has 2 nitrogen and oxygen atoms in total. The van der Waals surface area contributed by atoms with E-state index in [9.17, 15) is 4.79 Å². The van der Waals surface area contributed by atoms with Crippen molar-refractivity contribution in [3.63, 3.8) is 0 Å². The Hall–Kier alpha value is -0.350. The number of hydrogen-bond donors (Lipinski definition) is 0. The van der Waals surface area contributed by atoms with Gasteiger partial charge >= 0.3 is 0 Å². The summed E-state index contributed by atoms with van der Waals surface area (Å²) in [5, 5.41) is 0.722. The molecule has 0 atom stereocenters. The predicted octanol–water partition coefficient (Wildman–Crippen LogP) is 3.63. The smallest absolute Gasteiger partial charge is 0.147 e. The Kier molecular flexibility index (Phi) is 5.04. The minimum atomic E-state index is 0.307. The van der Waals surface area contributed by atoms with Gasteiger partial charge in [0.2, 0.25) is 0 Å². The molecular formula is C13H16BrNOS. The van der Waals surface area contributed by atoms with Crippen LogP contribution in [0.15, 0.2) is 22.9 Å². The average Bonchev–Trinajstić information content (AvgIpc) is 2.79. The lowest BCUT2D eigenvalue weighted by molar-refractivity contribution is -0.116. The van der Waals surface area contributed by atoms with E-state index in [-0.39, 0.29) is 0 Å². The SMILES string of the molecule is O=C(CSC1CCCC1)Cc1cncc(Br)c1. The van der Waals surface area contributed by atoms with E-state index in [0.717, 1.165) is 15.3 Å². The first-order chi connectivity index (χ1) is 8.24. The van der Waals surface area contributed by atoms with Crippen molar-refractivity contribution in [2.45, 2.75) is 37.4 Å². The molecule has 2 rings (SSSR count). The third-order valence-electron chi connectivity index (χ3n) is 2.95. The summed E-state index contributed by atoms with van der Waals surface area (Å²) in [6, 6.07) is 1.96. The van der Waals surface area contributed by atoms with Crippen LogP contribution in [0.1, 0.15) is 31.2 Å². The topological polar surface area (TPSA) is 30.0 Å². The fourth-order valence-electron chi connectivity index (χ4n) is 2.10. The van der Waals surface area contributed by atoms with Crippen LogP contribution in [0.5, 0.6) is 0 Å². The number of hydrogen-bond acceptors (Lipinski definition) is 3. The van der Waals surface area contributed by atoms with Crippen LogP contribution in [0.4, 0.5) is 0 Å². The molecule has 1 aromatic heterocycles. The van der Waals surface area contributed by atoms with Crippen LogP contribution in [0, 0.1) is 0 Å². The van der Waals surface area contributed by atoms with E-state index in [1.54, 1.807) is 12.4 Å². The lowest BCUT2D eigenvalue weighted by atomic mass is 10.2. The summed E-state index contributed by atoms with van der Waals surface area (Å²) >= 11 is 5.20. The molecule has 1 saturated carbocycles. The zero-order chi connectivity index (χ0) is 12.1. The van der Waals surface area contributed by atoms with Crippen molar-refractivity contribution in [3.8, 4) is 0 Å². The second-order valence-corrected chi connectivity index (χ2v) is 6.65. The van der Waals surface area contributed by atoms with Gasteiger partial charge in [-0.3, -0.25) is 9.78 Å². The zero-order valence-electron chi connectivity index (χ0n) is 9.69. The van der Waals surface area contributed by atoms with Crippen LogP contribution in [0.3, 0.4) is 0 Å². The average molecular weight is 314 g/mol. The maximum absolute atomic E-state index is 11.8. The summed E-state index contributed by atoms with van der Waals surface area (Å²) < 4.78 is 0.936. The molecule has 0 aliphatic heterocycles. The van der Waals surface area contributed by atoms with E-state index in [1.165, 1.54) is 25.7 Å². The van der Waals surface area contributed by atoms with Crippen LogP contribution in [0.2, 0.25) is 0 Å². The minimum Gasteiger partial charge on any atom is -0.298 e. The third-order valence-corrected chi connectivity index (χ3v) is 4.81. The highest BCUT2D eigenvalue weighted by atomic mass is 79.9. The van der Waals surface area contributed by atoms with Gasteiger partial charge in [-0.05, 0) is 40.4 Å². The van der Waals surface area contributed by atoms with E-state index in [0.29, 0.717) is 18.0 Å². The first-order valence-electron chi connectivity index (χ1n) is 5.97. The highest BCUT2D eigenvalue weighted by molar-refractivity contribution is 9.10. The Morgan fingerprint density at radius 2 is 2.18 bits per heavy atom. The van der Waals surface area contributed by atoms with E-state index in [4.69, 9.17) is 0 Å². The molecule has 1 aliphatic rings. The highest BCUT2D eigenvalue weighted by Crippen LogP contribution is 2.29.